The molecule has 10 nitrogen and oxygen atoms in total. The first-order chi connectivity index (χ1) is 20.1. The molecule has 3 heterocycles. The third-order valence-corrected chi connectivity index (χ3v) is 9.16. The molecule has 3 unspecified atom stereocenters. The highest BCUT2D eigenvalue weighted by Crippen LogP contribution is 2.67. The Balaban J connectivity index is 1.35. The van der Waals surface area contributed by atoms with E-state index in [2.05, 4.69) is 31.3 Å². The van der Waals surface area contributed by atoms with Crippen molar-refractivity contribution in [3.05, 3.63) is 55.1 Å². The second-order valence-corrected chi connectivity index (χ2v) is 13.5. The summed E-state index contributed by atoms with van der Waals surface area (Å²) >= 11 is 9.32. The predicted molar refractivity (Wildman–Crippen MR) is 154 cm³/mol. The number of fused-ring (bicyclic) bond motifs is 6. The Hall–Kier alpha value is -3.13. The molecule has 43 heavy (non-hydrogen) atoms. The number of amides is 2. The fraction of sp³-hybridized carbons (Fsp3) is 0.536. The van der Waals surface area contributed by atoms with E-state index < -0.39 is 28.7 Å². The average molecular weight is 686 g/mol. The van der Waals surface area contributed by atoms with Crippen molar-refractivity contribution in [3.63, 3.8) is 0 Å². The molecular formula is C28H29BrClF3N6O4. The van der Waals surface area contributed by atoms with E-state index >= 15 is 0 Å². The number of hydrogen-bond acceptors (Lipinski definition) is 6. The molecule has 1 aromatic carbocycles. The zero-order chi connectivity index (χ0) is 31.1. The number of nitrogens with zero attached hydrogens (tertiary/aromatic N) is 5. The van der Waals surface area contributed by atoms with Gasteiger partial charge in [0, 0.05) is 35.7 Å². The Morgan fingerprint density at radius 1 is 1.21 bits per heavy atom. The van der Waals surface area contributed by atoms with Crippen LogP contribution in [0.3, 0.4) is 0 Å². The van der Waals surface area contributed by atoms with Gasteiger partial charge in [0.05, 0.1) is 16.3 Å². The van der Waals surface area contributed by atoms with Crippen LogP contribution in [0.4, 0.5) is 23.7 Å². The van der Waals surface area contributed by atoms with E-state index in [1.54, 1.807) is 9.47 Å². The quantitative estimate of drug-likeness (QED) is 0.377. The fourth-order valence-electron chi connectivity index (χ4n) is 6.76. The molecule has 1 spiro atoms. The minimum Gasteiger partial charge on any atom is -0.444 e. The van der Waals surface area contributed by atoms with Gasteiger partial charge in [-0.2, -0.15) is 22.7 Å². The molecule has 3 aromatic rings. The summed E-state index contributed by atoms with van der Waals surface area (Å²) in [5.41, 5.74) is -1.02. The second kappa shape index (κ2) is 10.2. The number of carbonyl (C=O) groups excluding carboxylic acids is 2. The number of anilines is 1. The molecule has 6 rings (SSSR count). The number of ether oxygens (including phenoxy) is 1. The molecule has 2 fully saturated rings. The third-order valence-electron chi connectivity index (χ3n) is 8.51. The van der Waals surface area contributed by atoms with Crippen molar-refractivity contribution in [3.8, 4) is 0 Å². The van der Waals surface area contributed by atoms with Crippen LogP contribution in [0.1, 0.15) is 69.2 Å². The molecule has 1 saturated carbocycles. The van der Waals surface area contributed by atoms with Gasteiger partial charge in [-0.05, 0) is 86.5 Å². The standard InChI is InChI=1S/C28H29BrClF3N6O4/c1-26(2,3)43-25(42)37-9-4-7-27(8-10-37)16-12-15(16)21-20(27)22(41)39-24(35-23(29)36-39)38(21)13-19(40)34-18-6-5-14(11-17(18)30)28(31,32)33/h5-6,11,15-16H,4,7-10,12-13H2,1-3H3,(H,34,40). The van der Waals surface area contributed by atoms with E-state index in [0.717, 1.165) is 30.3 Å². The number of alkyl halides is 3. The fourth-order valence-corrected chi connectivity index (χ4v) is 7.31. The summed E-state index contributed by atoms with van der Waals surface area (Å²) in [6, 6.07) is 2.71. The summed E-state index contributed by atoms with van der Waals surface area (Å²) < 4.78 is 47.9. The molecule has 2 amide bonds. The number of halogens is 5. The Bertz CT molecular complexity index is 1720. The van der Waals surface area contributed by atoms with E-state index in [9.17, 15) is 27.6 Å². The highest BCUT2D eigenvalue weighted by atomic mass is 79.9. The van der Waals surface area contributed by atoms with E-state index in [0.29, 0.717) is 37.9 Å². The zero-order valence-electron chi connectivity index (χ0n) is 23.6. The first-order valence-corrected chi connectivity index (χ1v) is 15.1. The van der Waals surface area contributed by atoms with Crippen molar-refractivity contribution < 1.29 is 27.5 Å². The lowest BCUT2D eigenvalue weighted by Gasteiger charge is -2.31. The molecule has 230 valence electrons. The van der Waals surface area contributed by atoms with E-state index in [-0.39, 0.29) is 51.3 Å². The predicted octanol–water partition coefficient (Wildman–Crippen LogP) is 5.74. The van der Waals surface area contributed by atoms with Gasteiger partial charge in [-0.1, -0.05) is 11.6 Å². The molecular weight excluding hydrogens is 657 g/mol. The summed E-state index contributed by atoms with van der Waals surface area (Å²) in [5.74, 6) is -0.179. The summed E-state index contributed by atoms with van der Waals surface area (Å²) in [6.07, 6.45) is -2.21. The number of hydrogen-bond donors (Lipinski definition) is 1. The lowest BCUT2D eigenvalue weighted by molar-refractivity contribution is -0.137. The van der Waals surface area contributed by atoms with Gasteiger partial charge >= 0.3 is 12.3 Å². The molecule has 1 N–H and O–H groups in total. The van der Waals surface area contributed by atoms with E-state index in [1.165, 1.54) is 4.52 Å². The highest BCUT2D eigenvalue weighted by molar-refractivity contribution is 9.10. The van der Waals surface area contributed by atoms with Crippen molar-refractivity contribution in [2.75, 3.05) is 18.4 Å². The van der Waals surface area contributed by atoms with Gasteiger partial charge in [0.25, 0.3) is 5.56 Å². The van der Waals surface area contributed by atoms with Gasteiger partial charge in [-0.15, -0.1) is 5.10 Å². The monoisotopic (exact) mass is 684 g/mol. The van der Waals surface area contributed by atoms with Crippen molar-refractivity contribution in [1.29, 1.82) is 0 Å². The van der Waals surface area contributed by atoms with Gasteiger partial charge in [0.1, 0.15) is 12.1 Å². The third kappa shape index (κ3) is 5.30. The number of benzene rings is 1. The molecule has 2 aromatic heterocycles. The van der Waals surface area contributed by atoms with Crippen molar-refractivity contribution in [2.24, 2.45) is 5.92 Å². The lowest BCUT2D eigenvalue weighted by atomic mass is 9.73. The Kier molecular flexibility index (Phi) is 7.11. The molecule has 3 aliphatic rings. The van der Waals surface area contributed by atoms with Crippen molar-refractivity contribution in [1.82, 2.24) is 24.1 Å². The number of carbonyl (C=O) groups is 2. The van der Waals surface area contributed by atoms with Gasteiger partial charge in [0.2, 0.25) is 16.4 Å². The number of likely N-dealkylation sites (tertiary alicyclic amines) is 1. The van der Waals surface area contributed by atoms with Gasteiger partial charge in [0.15, 0.2) is 0 Å². The Morgan fingerprint density at radius 3 is 2.63 bits per heavy atom. The van der Waals surface area contributed by atoms with Crippen LogP contribution in [0.15, 0.2) is 27.7 Å². The molecule has 3 atom stereocenters. The SMILES string of the molecule is CC(C)(C)OC(=O)N1CCCC2(CC1)c1c(n(CC(=O)Nc3ccc(C(F)(F)F)cc3Cl)c3nc(Br)nn3c1=O)C1CC12. The molecule has 1 saturated heterocycles. The highest BCUT2D eigenvalue weighted by Gasteiger charge is 2.63. The van der Waals surface area contributed by atoms with Gasteiger partial charge in [-0.3, -0.25) is 9.59 Å². The van der Waals surface area contributed by atoms with Crippen molar-refractivity contribution >= 4 is 51.0 Å². The van der Waals surface area contributed by atoms with Crippen LogP contribution >= 0.6 is 27.5 Å². The van der Waals surface area contributed by atoms with Crippen LogP contribution < -0.4 is 10.9 Å². The summed E-state index contributed by atoms with van der Waals surface area (Å²) in [4.78, 5) is 46.2. The largest absolute Gasteiger partial charge is 0.444 e. The first-order valence-electron chi connectivity index (χ1n) is 13.9. The Labute approximate surface area is 257 Å². The Morgan fingerprint density at radius 2 is 1.95 bits per heavy atom. The smallest absolute Gasteiger partial charge is 0.416 e. The van der Waals surface area contributed by atoms with E-state index in [1.807, 2.05) is 20.8 Å². The summed E-state index contributed by atoms with van der Waals surface area (Å²) in [5, 5.41) is 6.60. The maximum Gasteiger partial charge on any atom is 0.416 e. The van der Waals surface area contributed by atoms with Crippen LogP contribution in [-0.2, 0) is 27.7 Å². The summed E-state index contributed by atoms with van der Waals surface area (Å²) in [6.45, 7) is 6.11. The van der Waals surface area contributed by atoms with Gasteiger partial charge < -0.3 is 19.5 Å². The number of nitrogens with one attached hydrogen (secondary N) is 1. The maximum absolute atomic E-state index is 14.0. The van der Waals surface area contributed by atoms with Crippen LogP contribution in [0.2, 0.25) is 5.02 Å². The van der Waals surface area contributed by atoms with Crippen LogP contribution in [-0.4, -0.2) is 54.8 Å². The number of aromatic nitrogens is 4. The minimum absolute atomic E-state index is 0.0266. The number of rotatable bonds is 3. The molecule has 15 heteroatoms. The lowest BCUT2D eigenvalue weighted by Crippen LogP contribution is -2.40. The van der Waals surface area contributed by atoms with Crippen LogP contribution in [0.5, 0.6) is 0 Å². The normalized spacial score (nSPS) is 23.2. The molecule has 0 radical (unpaired) electrons. The van der Waals surface area contributed by atoms with Crippen LogP contribution in [0, 0.1) is 5.92 Å². The molecule has 1 aliphatic heterocycles. The zero-order valence-corrected chi connectivity index (χ0v) is 25.9. The topological polar surface area (TPSA) is 111 Å². The van der Waals surface area contributed by atoms with Crippen LogP contribution in [0.25, 0.3) is 5.78 Å². The molecule has 0 bridgehead atoms. The summed E-state index contributed by atoms with van der Waals surface area (Å²) in [7, 11) is 0. The van der Waals surface area contributed by atoms with Gasteiger partial charge in [-0.25, -0.2) is 4.79 Å². The molecule has 2 aliphatic carbocycles. The minimum atomic E-state index is -4.58. The first kappa shape index (κ1) is 29.9. The average Bonchev–Trinajstić information content (AvgIpc) is 3.57. The second-order valence-electron chi connectivity index (χ2n) is 12.4. The maximum atomic E-state index is 14.0. The van der Waals surface area contributed by atoms with Crippen molar-refractivity contribution in [2.45, 2.75) is 76.1 Å². The van der Waals surface area contributed by atoms with E-state index in [4.69, 9.17) is 16.3 Å².